The number of methoxy groups -OCH3 is 2. The first-order valence-corrected chi connectivity index (χ1v) is 13.3. The molecule has 0 aliphatic heterocycles. The number of fused-ring (bicyclic) bond motifs is 1. The molecule has 1 amide bonds. The molecule has 0 spiro atoms. The zero-order chi connectivity index (χ0) is 34.7. The van der Waals surface area contributed by atoms with Crippen LogP contribution in [0.3, 0.4) is 0 Å². The van der Waals surface area contributed by atoms with Crippen molar-refractivity contribution in [3.05, 3.63) is 65.3 Å². The van der Waals surface area contributed by atoms with E-state index < -0.39 is 24.3 Å². The fourth-order valence-electron chi connectivity index (χ4n) is 3.29. The Bertz CT molecular complexity index is 1630. The number of aromatic nitrogens is 3. The van der Waals surface area contributed by atoms with Crippen LogP contribution in [0.5, 0.6) is 5.75 Å². The first-order chi connectivity index (χ1) is 21.5. The van der Waals surface area contributed by atoms with E-state index in [1.807, 2.05) is 42.5 Å². The molecule has 4 rings (SSSR count). The van der Waals surface area contributed by atoms with Crippen LogP contribution in [0.2, 0.25) is 0 Å². The third kappa shape index (κ3) is 11.5. The number of aliphatic carboxylic acids is 2. The molecule has 0 unspecified atom stereocenters. The van der Waals surface area contributed by atoms with Gasteiger partial charge in [-0.15, -0.1) is 11.3 Å². The zero-order valence-corrected chi connectivity index (χ0v) is 24.6. The normalized spacial score (nSPS) is 11.0. The molecule has 0 fully saturated rings. The van der Waals surface area contributed by atoms with Crippen LogP contribution in [0.1, 0.15) is 15.4 Å². The van der Waals surface area contributed by atoms with Gasteiger partial charge >= 0.3 is 24.3 Å². The van der Waals surface area contributed by atoms with Gasteiger partial charge in [0.2, 0.25) is 5.95 Å². The number of carbonyl (C=O) groups is 3. The Hall–Kier alpha value is -5.04. The molecular formula is C27H25F6N5O7S. The van der Waals surface area contributed by atoms with Crippen molar-refractivity contribution in [2.24, 2.45) is 0 Å². The molecule has 248 valence electrons. The van der Waals surface area contributed by atoms with E-state index in [1.54, 1.807) is 31.4 Å². The summed E-state index contributed by atoms with van der Waals surface area (Å²) in [6.07, 6.45) is -8.55. The summed E-state index contributed by atoms with van der Waals surface area (Å²) in [7, 11) is 3.24. The molecular weight excluding hydrogens is 652 g/mol. The minimum atomic E-state index is -5.08. The average molecular weight is 678 g/mol. The molecule has 2 heterocycles. The number of carboxylic acids is 2. The number of carboxylic acid groups (broad SMARTS) is 2. The number of anilines is 1. The van der Waals surface area contributed by atoms with Gasteiger partial charge in [0.05, 0.1) is 29.6 Å². The van der Waals surface area contributed by atoms with Gasteiger partial charge in [-0.25, -0.2) is 24.5 Å². The SMILES string of the molecule is COCCN(Cc1cccc(OC)c1)C(=O)c1nc2ccc(-c3ccnc(N)n3)cc2s1.O=C(O)C(F)(F)F.O=C(O)C(F)(F)F. The fourth-order valence-corrected chi connectivity index (χ4v) is 4.26. The molecule has 0 saturated heterocycles. The number of hydrogen-bond acceptors (Lipinski definition) is 10. The van der Waals surface area contributed by atoms with Gasteiger partial charge < -0.3 is 30.3 Å². The molecule has 0 aliphatic carbocycles. The lowest BCUT2D eigenvalue weighted by atomic mass is 10.1. The maximum absolute atomic E-state index is 13.3. The summed E-state index contributed by atoms with van der Waals surface area (Å²) in [5.74, 6) is -4.69. The van der Waals surface area contributed by atoms with Crippen molar-refractivity contribution in [1.82, 2.24) is 19.9 Å². The third-order valence-corrected chi connectivity index (χ3v) is 6.39. The van der Waals surface area contributed by atoms with E-state index in [0.717, 1.165) is 32.8 Å². The monoisotopic (exact) mass is 677 g/mol. The van der Waals surface area contributed by atoms with Crippen LogP contribution in [0, 0.1) is 0 Å². The van der Waals surface area contributed by atoms with Crippen LogP contribution in [-0.4, -0.2) is 87.6 Å². The van der Waals surface area contributed by atoms with E-state index in [2.05, 4.69) is 15.0 Å². The summed E-state index contributed by atoms with van der Waals surface area (Å²) in [5.41, 5.74) is 9.05. The number of nitrogens with zero attached hydrogens (tertiary/aromatic N) is 4. The molecule has 46 heavy (non-hydrogen) atoms. The van der Waals surface area contributed by atoms with E-state index in [4.69, 9.17) is 35.0 Å². The predicted molar refractivity (Wildman–Crippen MR) is 152 cm³/mol. The van der Waals surface area contributed by atoms with Gasteiger partial charge in [0, 0.05) is 32.0 Å². The molecule has 12 nitrogen and oxygen atoms in total. The molecule has 2 aromatic heterocycles. The number of halogens is 6. The van der Waals surface area contributed by atoms with Crippen molar-refractivity contribution in [1.29, 1.82) is 0 Å². The number of thiazole rings is 1. The number of ether oxygens (including phenoxy) is 2. The lowest BCUT2D eigenvalue weighted by molar-refractivity contribution is -0.193. The van der Waals surface area contributed by atoms with Gasteiger partial charge in [-0.05, 0) is 35.9 Å². The summed E-state index contributed by atoms with van der Waals surface area (Å²) in [6.45, 7) is 1.31. The van der Waals surface area contributed by atoms with Gasteiger partial charge in [-0.2, -0.15) is 26.3 Å². The number of benzene rings is 2. The number of alkyl halides is 6. The largest absolute Gasteiger partial charge is 0.497 e. The molecule has 2 aromatic carbocycles. The number of carbonyl (C=O) groups excluding carboxylic acids is 1. The van der Waals surface area contributed by atoms with E-state index in [1.165, 1.54) is 11.3 Å². The summed E-state index contributed by atoms with van der Waals surface area (Å²) in [6, 6.07) is 15.2. The maximum atomic E-state index is 13.3. The Balaban J connectivity index is 0.000000440. The first kappa shape index (κ1) is 37.1. The van der Waals surface area contributed by atoms with Crippen LogP contribution in [0.4, 0.5) is 32.3 Å². The standard InChI is InChI=1S/C23H23N5O3S.2C2HF3O2/c1-30-11-10-28(14-15-4-3-5-17(12-15)31-2)22(29)21-26-19-7-6-16(13-20(19)32-21)18-8-9-25-23(24)27-18;2*3-2(4,5)1(6)7/h3-9,12-13H,10-11,14H2,1-2H3,(H2,24,25,27);2*(H,6,7). The van der Waals surface area contributed by atoms with Crippen LogP contribution in [-0.2, 0) is 20.9 Å². The van der Waals surface area contributed by atoms with Crippen LogP contribution < -0.4 is 10.5 Å². The van der Waals surface area contributed by atoms with Gasteiger partial charge in [-0.3, -0.25) is 4.79 Å². The molecule has 0 radical (unpaired) electrons. The molecule has 0 atom stereocenters. The molecule has 4 aromatic rings. The fraction of sp³-hybridized carbons (Fsp3) is 0.259. The first-order valence-electron chi connectivity index (χ1n) is 12.5. The van der Waals surface area contributed by atoms with Crippen molar-refractivity contribution >= 4 is 45.3 Å². The number of rotatable bonds is 8. The number of hydrogen-bond donors (Lipinski definition) is 3. The number of amides is 1. The van der Waals surface area contributed by atoms with Crippen molar-refractivity contribution in [3.8, 4) is 17.0 Å². The smallest absolute Gasteiger partial charge is 0.490 e. The summed E-state index contributed by atoms with van der Waals surface area (Å²) >= 11 is 1.36. The van der Waals surface area contributed by atoms with E-state index in [0.29, 0.717) is 24.7 Å². The van der Waals surface area contributed by atoms with Crippen LogP contribution in [0.15, 0.2) is 54.7 Å². The minimum Gasteiger partial charge on any atom is -0.497 e. The van der Waals surface area contributed by atoms with Gasteiger partial charge in [0.25, 0.3) is 5.91 Å². The average Bonchev–Trinajstić information content (AvgIpc) is 3.42. The Morgan fingerprint density at radius 1 is 0.935 bits per heavy atom. The highest BCUT2D eigenvalue weighted by atomic mass is 32.1. The maximum Gasteiger partial charge on any atom is 0.490 e. The number of nitrogens with two attached hydrogens (primary N) is 1. The Labute approximate surface area is 260 Å². The molecule has 0 aliphatic rings. The molecule has 0 saturated carbocycles. The van der Waals surface area contributed by atoms with Crippen molar-refractivity contribution in [2.45, 2.75) is 18.9 Å². The molecule has 0 bridgehead atoms. The molecule has 19 heteroatoms. The quantitative estimate of drug-likeness (QED) is 0.216. The Kier molecular flexibility index (Phi) is 13.2. The highest BCUT2D eigenvalue weighted by Crippen LogP contribution is 2.29. The van der Waals surface area contributed by atoms with Crippen LogP contribution in [0.25, 0.3) is 21.5 Å². The predicted octanol–water partition coefficient (Wildman–Crippen LogP) is 4.90. The van der Waals surface area contributed by atoms with Crippen molar-refractivity contribution < 1.29 is 60.4 Å². The van der Waals surface area contributed by atoms with E-state index in [9.17, 15) is 31.1 Å². The zero-order valence-electron chi connectivity index (χ0n) is 23.8. The Morgan fingerprint density at radius 3 is 2.11 bits per heavy atom. The Morgan fingerprint density at radius 2 is 1.57 bits per heavy atom. The minimum absolute atomic E-state index is 0.140. The summed E-state index contributed by atoms with van der Waals surface area (Å²) < 4.78 is 74.9. The summed E-state index contributed by atoms with van der Waals surface area (Å²) in [5, 5.41) is 14.7. The van der Waals surface area contributed by atoms with Crippen LogP contribution >= 0.6 is 11.3 Å². The highest BCUT2D eigenvalue weighted by molar-refractivity contribution is 7.20. The van der Waals surface area contributed by atoms with Gasteiger partial charge in [-0.1, -0.05) is 18.2 Å². The van der Waals surface area contributed by atoms with E-state index in [-0.39, 0.29) is 11.9 Å². The van der Waals surface area contributed by atoms with Gasteiger partial charge in [0.15, 0.2) is 5.01 Å². The van der Waals surface area contributed by atoms with Crippen molar-refractivity contribution in [2.75, 3.05) is 33.1 Å². The second kappa shape index (κ2) is 16.3. The second-order valence-corrected chi connectivity index (χ2v) is 9.71. The van der Waals surface area contributed by atoms with Crippen molar-refractivity contribution in [3.63, 3.8) is 0 Å². The van der Waals surface area contributed by atoms with E-state index >= 15 is 0 Å². The topological polar surface area (TPSA) is 178 Å². The number of nitrogen functional groups attached to an aromatic ring is 1. The lowest BCUT2D eigenvalue weighted by Gasteiger charge is -2.21. The third-order valence-electron chi connectivity index (χ3n) is 5.39. The second-order valence-electron chi connectivity index (χ2n) is 8.68. The molecule has 4 N–H and O–H groups in total. The summed E-state index contributed by atoms with van der Waals surface area (Å²) in [4.78, 5) is 45.6. The van der Waals surface area contributed by atoms with Gasteiger partial charge in [0.1, 0.15) is 5.75 Å². The lowest BCUT2D eigenvalue weighted by Crippen LogP contribution is -2.33. The highest BCUT2D eigenvalue weighted by Gasteiger charge is 2.38.